The van der Waals surface area contributed by atoms with Gasteiger partial charge >= 0.3 is 12.2 Å². The van der Waals surface area contributed by atoms with Crippen LogP contribution in [0, 0.1) is 0 Å². The number of likely N-dealkylation sites (N-methyl/N-ethyl adjacent to an activating group) is 1. The zero-order chi connectivity index (χ0) is 23.5. The standard InChI is InChI=1S/C21H23BrF3N3O4.ClH/c1-28-7-6-13(11-28)32-17-8-12(4-5-14(17)21(23,24)25)26-20(29)27-16-10-19(31-3)18(30-2)9-15(16)22;/h4-5,8-10,13H,6-7,11H2,1-3H3,(H2,26,27,29);1H/t13-;/m1./s1. The molecule has 0 radical (unpaired) electrons. The van der Waals surface area contributed by atoms with Crippen LogP contribution in [0.4, 0.5) is 29.3 Å². The van der Waals surface area contributed by atoms with Gasteiger partial charge in [0.25, 0.3) is 0 Å². The lowest BCUT2D eigenvalue weighted by Crippen LogP contribution is -2.23. The van der Waals surface area contributed by atoms with E-state index >= 15 is 0 Å². The van der Waals surface area contributed by atoms with Crippen molar-refractivity contribution in [1.82, 2.24) is 4.90 Å². The van der Waals surface area contributed by atoms with Crippen LogP contribution in [0.1, 0.15) is 12.0 Å². The van der Waals surface area contributed by atoms with Gasteiger partial charge in [0.15, 0.2) is 11.5 Å². The van der Waals surface area contributed by atoms with Crippen molar-refractivity contribution < 1.29 is 32.2 Å². The van der Waals surface area contributed by atoms with Gasteiger partial charge < -0.3 is 29.7 Å². The number of nitrogens with one attached hydrogen (secondary N) is 2. The van der Waals surface area contributed by atoms with Gasteiger partial charge in [-0.25, -0.2) is 4.79 Å². The molecule has 2 aromatic rings. The summed E-state index contributed by atoms with van der Waals surface area (Å²) in [6.45, 7) is 1.27. The van der Waals surface area contributed by atoms with Gasteiger partial charge in [-0.2, -0.15) is 13.2 Å². The highest BCUT2D eigenvalue weighted by molar-refractivity contribution is 9.10. The monoisotopic (exact) mass is 553 g/mol. The van der Waals surface area contributed by atoms with E-state index in [1.54, 1.807) is 12.1 Å². The first kappa shape index (κ1) is 26.9. The fourth-order valence-corrected chi connectivity index (χ4v) is 3.76. The van der Waals surface area contributed by atoms with Crippen molar-refractivity contribution in [3.8, 4) is 17.2 Å². The number of rotatable bonds is 6. The Morgan fingerprint density at radius 1 is 1.09 bits per heavy atom. The van der Waals surface area contributed by atoms with E-state index in [1.165, 1.54) is 26.4 Å². The number of anilines is 2. The van der Waals surface area contributed by atoms with Crippen molar-refractivity contribution in [2.45, 2.75) is 18.7 Å². The maximum atomic E-state index is 13.4. The summed E-state index contributed by atoms with van der Waals surface area (Å²) in [7, 11) is 4.82. The normalized spacial score (nSPS) is 16.0. The van der Waals surface area contributed by atoms with Crippen molar-refractivity contribution in [3.63, 3.8) is 0 Å². The molecule has 1 aliphatic rings. The number of ether oxygens (including phenoxy) is 3. The summed E-state index contributed by atoms with van der Waals surface area (Å²) in [5.74, 6) is 0.549. The second-order valence-electron chi connectivity index (χ2n) is 7.27. The van der Waals surface area contributed by atoms with Crippen LogP contribution in [-0.2, 0) is 6.18 Å². The molecule has 0 aromatic heterocycles. The Morgan fingerprint density at radius 2 is 1.76 bits per heavy atom. The number of likely N-dealkylation sites (tertiary alicyclic amines) is 1. The third-order valence-corrected chi connectivity index (χ3v) is 5.56. The predicted molar refractivity (Wildman–Crippen MR) is 125 cm³/mol. The molecular weight excluding hydrogens is 531 g/mol. The smallest absolute Gasteiger partial charge is 0.419 e. The number of benzene rings is 2. The molecule has 7 nitrogen and oxygen atoms in total. The molecular formula is C21H24BrClF3N3O4. The van der Waals surface area contributed by atoms with Crippen LogP contribution in [0.25, 0.3) is 0 Å². The molecule has 1 heterocycles. The van der Waals surface area contributed by atoms with Crippen LogP contribution < -0.4 is 24.8 Å². The molecule has 1 aliphatic heterocycles. The third-order valence-electron chi connectivity index (χ3n) is 4.91. The van der Waals surface area contributed by atoms with E-state index < -0.39 is 17.8 Å². The van der Waals surface area contributed by atoms with Gasteiger partial charge in [-0.1, -0.05) is 0 Å². The highest BCUT2D eigenvalue weighted by atomic mass is 79.9. The highest BCUT2D eigenvalue weighted by Gasteiger charge is 2.35. The first-order chi connectivity index (χ1) is 15.1. The highest BCUT2D eigenvalue weighted by Crippen LogP contribution is 2.39. The molecule has 0 spiro atoms. The zero-order valence-corrected chi connectivity index (χ0v) is 20.5. The minimum absolute atomic E-state index is 0. The first-order valence-electron chi connectivity index (χ1n) is 9.66. The number of halogens is 5. The summed E-state index contributed by atoms with van der Waals surface area (Å²) in [4.78, 5) is 14.5. The molecule has 0 aliphatic carbocycles. The summed E-state index contributed by atoms with van der Waals surface area (Å²) in [5, 5.41) is 5.16. The van der Waals surface area contributed by atoms with Gasteiger partial charge in [0.1, 0.15) is 11.9 Å². The molecule has 0 saturated carbocycles. The maximum Gasteiger partial charge on any atom is 0.419 e. The van der Waals surface area contributed by atoms with Crippen LogP contribution in [0.2, 0.25) is 0 Å². The molecule has 33 heavy (non-hydrogen) atoms. The summed E-state index contributed by atoms with van der Waals surface area (Å²) in [6.07, 6.45) is -4.31. The molecule has 182 valence electrons. The second-order valence-corrected chi connectivity index (χ2v) is 8.12. The van der Waals surface area contributed by atoms with E-state index in [4.69, 9.17) is 14.2 Å². The van der Waals surface area contributed by atoms with Crippen LogP contribution in [-0.4, -0.2) is 51.4 Å². The molecule has 1 saturated heterocycles. The molecule has 3 rings (SSSR count). The fourth-order valence-electron chi connectivity index (χ4n) is 3.34. The number of urea groups is 1. The van der Waals surface area contributed by atoms with Gasteiger partial charge in [-0.15, -0.1) is 12.4 Å². The van der Waals surface area contributed by atoms with Gasteiger partial charge in [0.2, 0.25) is 0 Å². The third kappa shape index (κ3) is 6.81. The number of methoxy groups -OCH3 is 2. The molecule has 2 amide bonds. The number of hydrogen-bond acceptors (Lipinski definition) is 5. The number of carbonyl (C=O) groups excluding carboxylic acids is 1. The van der Waals surface area contributed by atoms with Crippen molar-refractivity contribution in [1.29, 1.82) is 0 Å². The van der Waals surface area contributed by atoms with Crippen molar-refractivity contribution >= 4 is 45.7 Å². The summed E-state index contributed by atoms with van der Waals surface area (Å²) >= 11 is 3.33. The van der Waals surface area contributed by atoms with Crippen molar-refractivity contribution in [2.24, 2.45) is 0 Å². The van der Waals surface area contributed by atoms with E-state index in [0.717, 1.165) is 12.6 Å². The lowest BCUT2D eigenvalue weighted by Gasteiger charge is -2.19. The number of alkyl halides is 3. The molecule has 2 aromatic carbocycles. The summed E-state index contributed by atoms with van der Waals surface area (Å²) < 4.78 is 56.9. The molecule has 2 N–H and O–H groups in total. The Labute approximate surface area is 204 Å². The fraction of sp³-hybridized carbons (Fsp3) is 0.381. The SMILES string of the molecule is COc1cc(Br)c(NC(=O)Nc2ccc(C(F)(F)F)c(O[C@@H]3CCN(C)C3)c2)cc1OC.Cl. The Kier molecular flexibility index (Phi) is 9.10. The van der Waals surface area contributed by atoms with E-state index in [1.807, 2.05) is 11.9 Å². The largest absolute Gasteiger partial charge is 0.493 e. The Bertz CT molecular complexity index is 994. The van der Waals surface area contributed by atoms with E-state index in [0.29, 0.717) is 34.6 Å². The molecule has 1 fully saturated rings. The lowest BCUT2D eigenvalue weighted by molar-refractivity contribution is -0.139. The number of amides is 2. The quantitative estimate of drug-likeness (QED) is 0.484. The predicted octanol–water partition coefficient (Wildman–Crippen LogP) is 5.63. The average Bonchev–Trinajstić information content (AvgIpc) is 3.12. The minimum Gasteiger partial charge on any atom is -0.493 e. The van der Waals surface area contributed by atoms with E-state index in [2.05, 4.69) is 26.6 Å². The summed E-state index contributed by atoms with van der Waals surface area (Å²) in [6, 6.07) is 5.79. The lowest BCUT2D eigenvalue weighted by atomic mass is 10.1. The van der Waals surface area contributed by atoms with Crippen molar-refractivity contribution in [3.05, 3.63) is 40.4 Å². The van der Waals surface area contributed by atoms with Crippen molar-refractivity contribution in [2.75, 3.05) is 45.0 Å². The maximum absolute atomic E-state index is 13.4. The molecule has 0 unspecified atom stereocenters. The Morgan fingerprint density at radius 3 is 2.33 bits per heavy atom. The minimum atomic E-state index is -4.58. The van der Waals surface area contributed by atoms with Crippen LogP contribution in [0.5, 0.6) is 17.2 Å². The molecule has 1 atom stereocenters. The Balaban J connectivity index is 0.00000385. The number of carbonyl (C=O) groups is 1. The van der Waals surface area contributed by atoms with E-state index in [-0.39, 0.29) is 29.9 Å². The van der Waals surface area contributed by atoms with Crippen LogP contribution in [0.3, 0.4) is 0 Å². The van der Waals surface area contributed by atoms with Gasteiger partial charge in [0, 0.05) is 41.4 Å². The van der Waals surface area contributed by atoms with Gasteiger partial charge in [-0.3, -0.25) is 0 Å². The Hall–Kier alpha value is -2.37. The van der Waals surface area contributed by atoms with Gasteiger partial charge in [0.05, 0.1) is 25.5 Å². The summed E-state index contributed by atoms with van der Waals surface area (Å²) in [5.41, 5.74) is -0.341. The van der Waals surface area contributed by atoms with Crippen LogP contribution in [0.15, 0.2) is 34.8 Å². The first-order valence-corrected chi connectivity index (χ1v) is 10.5. The van der Waals surface area contributed by atoms with Gasteiger partial charge in [-0.05, 0) is 41.5 Å². The second kappa shape index (κ2) is 11.2. The van der Waals surface area contributed by atoms with Crippen LogP contribution >= 0.6 is 28.3 Å². The van der Waals surface area contributed by atoms with E-state index in [9.17, 15) is 18.0 Å². The number of nitrogens with zero attached hydrogens (tertiary/aromatic N) is 1. The average molecular weight is 555 g/mol. The topological polar surface area (TPSA) is 72.1 Å². The zero-order valence-electron chi connectivity index (χ0n) is 18.1. The molecule has 12 heteroatoms. The number of hydrogen-bond donors (Lipinski definition) is 2. The molecule has 0 bridgehead atoms.